The van der Waals surface area contributed by atoms with E-state index in [0.29, 0.717) is 52.4 Å². The van der Waals surface area contributed by atoms with Gasteiger partial charge in [0, 0.05) is 52.4 Å². The van der Waals surface area contributed by atoms with Crippen molar-refractivity contribution in [1.82, 2.24) is 19.6 Å². The van der Waals surface area contributed by atoms with Crippen LogP contribution in [0, 0.1) is 0 Å². The minimum atomic E-state index is -1.15. The van der Waals surface area contributed by atoms with Crippen molar-refractivity contribution in [3.8, 4) is 0 Å². The molecular weight excluding hydrogens is 410 g/mol. The molecule has 9 N–H and O–H groups in total. The summed E-state index contributed by atoms with van der Waals surface area (Å²) in [7, 11) is 0. The zero-order valence-electron chi connectivity index (χ0n) is 17.9. The van der Waals surface area contributed by atoms with Crippen LogP contribution in [0.5, 0.6) is 0 Å². The van der Waals surface area contributed by atoms with Crippen LogP contribution in [-0.4, -0.2) is 150 Å². The van der Waals surface area contributed by atoms with Gasteiger partial charge in [-0.1, -0.05) is 0 Å². The summed E-state index contributed by atoms with van der Waals surface area (Å²) in [5.41, 5.74) is 16.1. The van der Waals surface area contributed by atoms with Crippen LogP contribution in [-0.2, 0) is 14.4 Å². The van der Waals surface area contributed by atoms with Crippen molar-refractivity contribution in [3.63, 3.8) is 0 Å². The maximum atomic E-state index is 11.5. The van der Waals surface area contributed by atoms with Gasteiger partial charge in [-0.05, 0) is 0 Å². The topological polar surface area (TPSA) is 203 Å². The number of rotatable bonds is 10. The second kappa shape index (κ2) is 14.2. The van der Waals surface area contributed by atoms with Crippen LogP contribution in [0.25, 0.3) is 0 Å². The summed E-state index contributed by atoms with van der Waals surface area (Å²) in [4.78, 5) is 41.7. The smallest absolute Gasteiger partial charge is 0.231 e. The average Bonchev–Trinajstić information content (AvgIpc) is 2.68. The summed E-state index contributed by atoms with van der Waals surface area (Å²) in [6.07, 6.45) is -1.15. The summed E-state index contributed by atoms with van der Waals surface area (Å²) >= 11 is 0. The van der Waals surface area contributed by atoms with Gasteiger partial charge in [0.2, 0.25) is 17.7 Å². The van der Waals surface area contributed by atoms with Gasteiger partial charge in [-0.2, -0.15) is 0 Å². The Morgan fingerprint density at radius 3 is 1.23 bits per heavy atom. The molecule has 0 aromatic rings. The lowest BCUT2D eigenvalue weighted by molar-refractivity contribution is -0.121. The molecule has 1 aliphatic rings. The minimum Gasteiger partial charge on any atom is -0.395 e. The van der Waals surface area contributed by atoms with E-state index in [0.717, 1.165) is 0 Å². The predicted octanol–water partition coefficient (Wildman–Crippen LogP) is -5.62. The first-order chi connectivity index (χ1) is 14.7. The molecule has 1 aliphatic heterocycles. The summed E-state index contributed by atoms with van der Waals surface area (Å²) in [5, 5.41) is 29.2. The number of aliphatic hydroxyl groups is 3. The van der Waals surface area contributed by atoms with Crippen LogP contribution in [0.2, 0.25) is 0 Å². The normalized spacial score (nSPS) is 21.0. The predicted molar refractivity (Wildman–Crippen MR) is 112 cm³/mol. The Morgan fingerprint density at radius 1 is 0.645 bits per heavy atom. The molecule has 0 bridgehead atoms. The number of nitrogens with two attached hydrogens (primary N) is 3. The third kappa shape index (κ3) is 10.8. The third-order valence-electron chi connectivity index (χ3n) is 5.30. The summed E-state index contributed by atoms with van der Waals surface area (Å²) in [6.45, 7) is 2.49. The molecule has 13 nitrogen and oxygen atoms in total. The molecule has 1 saturated heterocycles. The Labute approximate surface area is 182 Å². The van der Waals surface area contributed by atoms with E-state index in [2.05, 4.69) is 0 Å². The molecule has 0 aromatic carbocycles. The molecule has 1 fully saturated rings. The van der Waals surface area contributed by atoms with E-state index >= 15 is 0 Å². The molecule has 0 aromatic heterocycles. The van der Waals surface area contributed by atoms with Crippen molar-refractivity contribution in [2.75, 3.05) is 85.2 Å². The zero-order chi connectivity index (χ0) is 23.4. The molecular formula is C18H37N7O6. The van der Waals surface area contributed by atoms with Crippen LogP contribution in [0.4, 0.5) is 0 Å². The first-order valence-electron chi connectivity index (χ1n) is 10.3. The lowest BCUT2D eigenvalue weighted by Crippen LogP contribution is -2.54. The quantitative estimate of drug-likeness (QED) is 0.187. The van der Waals surface area contributed by atoms with Crippen LogP contribution in [0.15, 0.2) is 0 Å². The number of hydrogen-bond donors (Lipinski definition) is 6. The molecule has 0 saturated carbocycles. The van der Waals surface area contributed by atoms with Crippen LogP contribution < -0.4 is 17.2 Å². The second-order valence-electron chi connectivity index (χ2n) is 7.76. The fourth-order valence-electron chi connectivity index (χ4n) is 3.62. The monoisotopic (exact) mass is 447 g/mol. The van der Waals surface area contributed by atoms with Gasteiger partial charge in [0.15, 0.2) is 0 Å². The molecule has 0 aliphatic carbocycles. The first-order valence-corrected chi connectivity index (χ1v) is 10.3. The number of aliphatic hydroxyl groups excluding tert-OH is 3. The Morgan fingerprint density at radius 2 is 0.968 bits per heavy atom. The van der Waals surface area contributed by atoms with E-state index < -0.39 is 36.5 Å². The van der Waals surface area contributed by atoms with Crippen molar-refractivity contribution in [1.29, 1.82) is 0 Å². The molecule has 0 radical (unpaired) electrons. The molecule has 2 atom stereocenters. The number of carbonyl (C=O) groups excluding carboxylic acids is 3. The summed E-state index contributed by atoms with van der Waals surface area (Å²) < 4.78 is 0. The zero-order valence-corrected chi connectivity index (χ0v) is 17.9. The fraction of sp³-hybridized carbons (Fsp3) is 0.833. The Bertz CT molecular complexity index is 550. The van der Waals surface area contributed by atoms with Crippen LogP contribution >= 0.6 is 0 Å². The highest BCUT2D eigenvalue weighted by Gasteiger charge is 2.27. The van der Waals surface area contributed by atoms with Gasteiger partial charge in [0.1, 0.15) is 0 Å². The van der Waals surface area contributed by atoms with Crippen molar-refractivity contribution < 1.29 is 29.7 Å². The maximum Gasteiger partial charge on any atom is 0.231 e. The highest BCUT2D eigenvalue weighted by molar-refractivity contribution is 5.76. The molecule has 0 spiro atoms. The Kier molecular flexibility index (Phi) is 12.5. The molecule has 31 heavy (non-hydrogen) atoms. The number of hydrogen-bond acceptors (Lipinski definition) is 10. The minimum absolute atomic E-state index is 0.0123. The van der Waals surface area contributed by atoms with Gasteiger partial charge >= 0.3 is 0 Å². The lowest BCUT2D eigenvalue weighted by atomic mass is 10.1. The van der Waals surface area contributed by atoms with E-state index in [1.165, 1.54) is 0 Å². The molecule has 1 heterocycles. The second-order valence-corrected chi connectivity index (χ2v) is 7.76. The SMILES string of the molecule is NC(=O)CN1CCN(CC(N)=O)CCN(C(CO)C(O)CO)CCN(CC(N)=O)CC1. The van der Waals surface area contributed by atoms with Crippen LogP contribution in [0.3, 0.4) is 0 Å². The summed E-state index contributed by atoms with van der Waals surface area (Å²) in [6, 6.07) is -0.717. The van der Waals surface area contributed by atoms with Crippen LogP contribution in [0.1, 0.15) is 0 Å². The van der Waals surface area contributed by atoms with Crippen molar-refractivity contribution in [2.24, 2.45) is 17.2 Å². The Balaban J connectivity index is 3.05. The number of carbonyl (C=O) groups is 3. The number of primary amides is 3. The van der Waals surface area contributed by atoms with E-state index in [9.17, 15) is 29.7 Å². The average molecular weight is 448 g/mol. The van der Waals surface area contributed by atoms with Crippen molar-refractivity contribution >= 4 is 17.7 Å². The fourth-order valence-corrected chi connectivity index (χ4v) is 3.62. The van der Waals surface area contributed by atoms with Gasteiger partial charge in [-0.3, -0.25) is 34.0 Å². The van der Waals surface area contributed by atoms with Gasteiger partial charge in [0.05, 0.1) is 45.0 Å². The van der Waals surface area contributed by atoms with E-state index in [1.807, 2.05) is 19.6 Å². The largest absolute Gasteiger partial charge is 0.395 e. The van der Waals surface area contributed by atoms with Crippen molar-refractivity contribution in [2.45, 2.75) is 12.1 Å². The lowest BCUT2D eigenvalue weighted by Gasteiger charge is -2.37. The highest BCUT2D eigenvalue weighted by atomic mass is 16.3. The number of nitrogens with zero attached hydrogens (tertiary/aromatic N) is 4. The standard InChI is InChI=1S/C18H37N7O6/c19-16(29)9-22-1-3-23(10-17(20)30)5-7-25(14(12-26)15(28)13-27)8-6-24(4-2-22)11-18(21)31/h14-15,26-28H,1-13H2,(H2,19,29)(H2,20,30)(H2,21,31). The molecule has 1 rings (SSSR count). The highest BCUT2D eigenvalue weighted by Crippen LogP contribution is 2.08. The first kappa shape index (κ1) is 27.2. The summed E-state index contributed by atoms with van der Waals surface area (Å²) in [5.74, 6) is -1.48. The molecule has 3 amide bonds. The molecule has 13 heteroatoms. The molecule has 2 unspecified atom stereocenters. The van der Waals surface area contributed by atoms with E-state index in [1.54, 1.807) is 0 Å². The Hall–Kier alpha value is -1.87. The maximum absolute atomic E-state index is 11.5. The molecule has 180 valence electrons. The third-order valence-corrected chi connectivity index (χ3v) is 5.30. The number of amides is 3. The van der Waals surface area contributed by atoms with Gasteiger partial charge < -0.3 is 32.5 Å². The van der Waals surface area contributed by atoms with Crippen molar-refractivity contribution in [3.05, 3.63) is 0 Å². The van der Waals surface area contributed by atoms with Gasteiger partial charge in [-0.15, -0.1) is 0 Å². The van der Waals surface area contributed by atoms with Gasteiger partial charge in [0.25, 0.3) is 0 Å². The van der Waals surface area contributed by atoms with Gasteiger partial charge in [-0.25, -0.2) is 0 Å². The van der Waals surface area contributed by atoms with E-state index in [4.69, 9.17) is 17.2 Å². The van der Waals surface area contributed by atoms with E-state index in [-0.39, 0.29) is 26.2 Å².